The summed E-state index contributed by atoms with van der Waals surface area (Å²) in [5.41, 5.74) is 2.30. The number of anilines is 1. The largest absolute Gasteiger partial charge is 0.490 e. The lowest BCUT2D eigenvalue weighted by Crippen LogP contribution is -2.51. The number of benzene rings is 2. The molecule has 2 aliphatic heterocycles. The van der Waals surface area contributed by atoms with Crippen molar-refractivity contribution in [1.82, 2.24) is 4.72 Å². The Balaban J connectivity index is 1.44. The molecule has 6 rings (SSSR count). The Morgan fingerprint density at radius 3 is 2.71 bits per heavy atom. The number of hydrogen-bond acceptors (Lipinski definition) is 6. The van der Waals surface area contributed by atoms with Crippen molar-refractivity contribution in [1.29, 1.82) is 0 Å². The maximum absolute atomic E-state index is 13.3. The van der Waals surface area contributed by atoms with Crippen LogP contribution in [0.2, 0.25) is 5.02 Å². The molecule has 42 heavy (non-hydrogen) atoms. The first-order chi connectivity index (χ1) is 19.9. The van der Waals surface area contributed by atoms with E-state index in [4.69, 9.17) is 16.3 Å². The van der Waals surface area contributed by atoms with Gasteiger partial charge in [0.15, 0.2) is 0 Å². The zero-order chi connectivity index (χ0) is 29.9. The number of halogens is 1. The van der Waals surface area contributed by atoms with Gasteiger partial charge in [0.05, 0.1) is 23.1 Å². The van der Waals surface area contributed by atoms with E-state index in [-0.39, 0.29) is 28.7 Å². The Morgan fingerprint density at radius 1 is 1.14 bits per heavy atom. The van der Waals surface area contributed by atoms with E-state index in [0.717, 1.165) is 42.8 Å². The predicted octanol–water partition coefficient (Wildman–Crippen LogP) is 5.63. The standard InChI is InChI=1S/C33H41ClN2O5S/c1-21-6-4-14-32(3,38)27-11-8-25(27)18-36-19-33(15-5-7-23-16-26(34)10-12-28(23)33)20-41-30-13-9-24(17-29(30)36)31(37)35-42(39,40)22(21)2/h4,9-10,12-14,16-17,21-22,25,27,38H,5-8,11,15,18-20H2,1-3H3,(H,35,37)/b14-4+/t21-,22+,25-,27+,32+,33-/m0/s1. The summed E-state index contributed by atoms with van der Waals surface area (Å²) in [6.07, 6.45) is 9.12. The molecule has 0 radical (unpaired) electrons. The zero-order valence-corrected chi connectivity index (χ0v) is 26.2. The molecular formula is C33H41ClN2O5S. The number of amides is 1. The number of aryl methyl sites for hydroxylation is 1. The lowest BCUT2D eigenvalue weighted by atomic mass is 9.64. The van der Waals surface area contributed by atoms with Crippen LogP contribution in [0.1, 0.15) is 74.4 Å². The van der Waals surface area contributed by atoms with Crippen molar-refractivity contribution in [2.75, 3.05) is 24.6 Å². The smallest absolute Gasteiger partial charge is 0.264 e. The summed E-state index contributed by atoms with van der Waals surface area (Å²) in [6, 6.07) is 11.4. The normalized spacial score (nSPS) is 35.1. The topological polar surface area (TPSA) is 95.9 Å². The van der Waals surface area contributed by atoms with Gasteiger partial charge in [-0.15, -0.1) is 0 Å². The first-order valence-corrected chi connectivity index (χ1v) is 17.1. The molecule has 9 heteroatoms. The van der Waals surface area contributed by atoms with Crippen LogP contribution in [0.5, 0.6) is 5.75 Å². The number of carbonyl (C=O) groups excluding carboxylic acids is 1. The summed E-state index contributed by atoms with van der Waals surface area (Å²) in [6.45, 7) is 7.23. The van der Waals surface area contributed by atoms with Gasteiger partial charge >= 0.3 is 0 Å². The SMILES string of the molecule is C[C@@H]1[C@@H](C)C/C=C/[C@@](C)(O)[C@@H]2CC[C@H]2CN2C[C@@]3(CCCc4cc(Cl)ccc43)COc3ccc(cc32)C(=O)NS1(=O)=O. The highest BCUT2D eigenvalue weighted by atomic mass is 35.5. The molecule has 1 amide bonds. The van der Waals surface area contributed by atoms with Gasteiger partial charge in [-0.1, -0.05) is 36.7 Å². The Morgan fingerprint density at radius 2 is 1.95 bits per heavy atom. The first kappa shape index (κ1) is 29.5. The molecule has 7 nitrogen and oxygen atoms in total. The maximum Gasteiger partial charge on any atom is 0.264 e. The van der Waals surface area contributed by atoms with Crippen LogP contribution in [0.3, 0.4) is 0 Å². The van der Waals surface area contributed by atoms with Crippen molar-refractivity contribution >= 4 is 33.2 Å². The second-order valence-electron chi connectivity index (χ2n) is 13.3. The minimum Gasteiger partial charge on any atom is -0.490 e. The van der Waals surface area contributed by atoms with Crippen molar-refractivity contribution in [3.8, 4) is 5.75 Å². The molecule has 1 saturated carbocycles. The van der Waals surface area contributed by atoms with Crippen molar-refractivity contribution in [3.05, 3.63) is 70.3 Å². The molecule has 4 aliphatic rings. The zero-order valence-electron chi connectivity index (χ0n) is 24.6. The van der Waals surface area contributed by atoms with Crippen LogP contribution in [0.25, 0.3) is 0 Å². The van der Waals surface area contributed by atoms with Crippen molar-refractivity contribution in [3.63, 3.8) is 0 Å². The van der Waals surface area contributed by atoms with Crippen molar-refractivity contribution < 1.29 is 23.1 Å². The van der Waals surface area contributed by atoms with E-state index in [9.17, 15) is 18.3 Å². The average molecular weight is 613 g/mol. The second-order valence-corrected chi connectivity index (χ2v) is 15.7. The number of hydrogen-bond donors (Lipinski definition) is 2. The minimum atomic E-state index is -3.93. The summed E-state index contributed by atoms with van der Waals surface area (Å²) < 4.78 is 35.2. The Labute approximate surface area is 254 Å². The highest BCUT2D eigenvalue weighted by Crippen LogP contribution is 2.48. The summed E-state index contributed by atoms with van der Waals surface area (Å²) >= 11 is 6.39. The highest BCUT2D eigenvalue weighted by Gasteiger charge is 2.46. The molecule has 6 atom stereocenters. The van der Waals surface area contributed by atoms with Crippen LogP contribution >= 0.6 is 11.6 Å². The Kier molecular flexibility index (Phi) is 7.64. The summed E-state index contributed by atoms with van der Waals surface area (Å²) in [5.74, 6) is 0.125. The molecular weight excluding hydrogens is 572 g/mol. The second kappa shape index (κ2) is 10.9. The van der Waals surface area contributed by atoms with Crippen LogP contribution < -0.4 is 14.4 Å². The van der Waals surface area contributed by atoms with Gasteiger partial charge in [0.2, 0.25) is 10.0 Å². The van der Waals surface area contributed by atoms with E-state index in [2.05, 4.69) is 21.8 Å². The molecule has 0 saturated heterocycles. The van der Waals surface area contributed by atoms with E-state index in [1.54, 1.807) is 25.1 Å². The highest BCUT2D eigenvalue weighted by molar-refractivity contribution is 7.90. The number of carbonyl (C=O) groups is 1. The summed E-state index contributed by atoms with van der Waals surface area (Å²) in [7, 11) is -3.93. The van der Waals surface area contributed by atoms with E-state index in [0.29, 0.717) is 31.9 Å². The van der Waals surface area contributed by atoms with E-state index >= 15 is 0 Å². The molecule has 2 heterocycles. The van der Waals surface area contributed by atoms with Gasteiger partial charge in [0, 0.05) is 29.1 Å². The van der Waals surface area contributed by atoms with Gasteiger partial charge in [0.1, 0.15) is 5.75 Å². The molecule has 0 aromatic heterocycles. The van der Waals surface area contributed by atoms with E-state index < -0.39 is 26.8 Å². The number of ether oxygens (including phenoxy) is 1. The Bertz CT molecular complexity index is 1520. The lowest BCUT2D eigenvalue weighted by molar-refractivity contribution is -0.0314. The Hall–Kier alpha value is -2.55. The lowest BCUT2D eigenvalue weighted by Gasteiger charge is -2.48. The van der Waals surface area contributed by atoms with Crippen LogP contribution in [-0.4, -0.2) is 50.0 Å². The number of rotatable bonds is 0. The third-order valence-corrected chi connectivity index (χ3v) is 12.6. The number of allylic oxidation sites excluding steroid dienone is 1. The quantitative estimate of drug-likeness (QED) is 0.374. The van der Waals surface area contributed by atoms with E-state index in [1.165, 1.54) is 11.1 Å². The number of aliphatic hydroxyl groups is 1. The maximum atomic E-state index is 13.3. The molecule has 1 spiro atoms. The average Bonchev–Trinajstić information content (AvgIpc) is 3.06. The van der Waals surface area contributed by atoms with Crippen LogP contribution in [0, 0.1) is 17.8 Å². The van der Waals surface area contributed by atoms with Gasteiger partial charge in [-0.3, -0.25) is 4.79 Å². The molecule has 226 valence electrons. The number of fused-ring (bicyclic) bond motifs is 4. The molecule has 1 fully saturated rings. The fourth-order valence-electron chi connectivity index (χ4n) is 7.52. The number of nitrogens with one attached hydrogen (secondary N) is 1. The summed E-state index contributed by atoms with van der Waals surface area (Å²) in [5, 5.41) is 11.5. The fraction of sp³-hybridized carbons (Fsp3) is 0.545. The monoisotopic (exact) mass is 612 g/mol. The van der Waals surface area contributed by atoms with Gasteiger partial charge in [-0.05, 0) is 112 Å². The third-order valence-electron chi connectivity index (χ3n) is 10.4. The molecule has 0 unspecified atom stereocenters. The summed E-state index contributed by atoms with van der Waals surface area (Å²) in [4.78, 5) is 15.7. The predicted molar refractivity (Wildman–Crippen MR) is 166 cm³/mol. The van der Waals surface area contributed by atoms with Crippen molar-refractivity contribution in [2.45, 2.75) is 75.6 Å². The van der Waals surface area contributed by atoms with Gasteiger partial charge in [-0.25, -0.2) is 13.1 Å². The molecule has 2 aliphatic carbocycles. The van der Waals surface area contributed by atoms with Crippen LogP contribution in [0.15, 0.2) is 48.6 Å². The number of nitrogens with zero attached hydrogens (tertiary/aromatic N) is 1. The van der Waals surface area contributed by atoms with Crippen LogP contribution in [-0.2, 0) is 21.9 Å². The van der Waals surface area contributed by atoms with Gasteiger partial charge in [-0.2, -0.15) is 0 Å². The van der Waals surface area contributed by atoms with E-state index in [1.807, 2.05) is 32.1 Å². The third kappa shape index (κ3) is 5.35. The van der Waals surface area contributed by atoms with Crippen molar-refractivity contribution in [2.24, 2.45) is 17.8 Å². The molecule has 2 aromatic rings. The number of sulfonamides is 1. The first-order valence-electron chi connectivity index (χ1n) is 15.2. The van der Waals surface area contributed by atoms with Gasteiger partial charge < -0.3 is 14.7 Å². The molecule has 2 bridgehead atoms. The van der Waals surface area contributed by atoms with Gasteiger partial charge in [0.25, 0.3) is 5.91 Å². The minimum absolute atomic E-state index is 0.0746. The molecule has 2 aromatic carbocycles. The molecule has 2 N–H and O–H groups in total. The fourth-order valence-corrected chi connectivity index (χ4v) is 9.00. The van der Waals surface area contributed by atoms with Crippen LogP contribution in [0.4, 0.5) is 5.69 Å².